The summed E-state index contributed by atoms with van der Waals surface area (Å²) < 4.78 is 4.54. The summed E-state index contributed by atoms with van der Waals surface area (Å²) in [6.45, 7) is 1.94. The zero-order valence-corrected chi connectivity index (χ0v) is 10.2. The lowest BCUT2D eigenvalue weighted by Crippen LogP contribution is -2.10. The minimum Gasteiger partial charge on any atom is -0.469 e. The maximum Gasteiger partial charge on any atom is 0.306 e. The van der Waals surface area contributed by atoms with Gasteiger partial charge in [-0.15, -0.1) is 11.8 Å². The van der Waals surface area contributed by atoms with Gasteiger partial charge in [-0.25, -0.2) is 0 Å². The Morgan fingerprint density at radius 2 is 2.31 bits per heavy atom. The van der Waals surface area contributed by atoms with Crippen LogP contribution >= 0.6 is 11.8 Å². The van der Waals surface area contributed by atoms with E-state index in [9.17, 15) is 9.59 Å². The fourth-order valence-electron chi connectivity index (χ4n) is 1.21. The molecule has 1 aromatic rings. The van der Waals surface area contributed by atoms with Crippen LogP contribution in [0.4, 0.5) is 0 Å². The van der Waals surface area contributed by atoms with Gasteiger partial charge in [-0.1, -0.05) is 6.92 Å². The third-order valence-electron chi connectivity index (χ3n) is 2.14. The second-order valence-electron chi connectivity index (χ2n) is 3.22. The van der Waals surface area contributed by atoms with Crippen molar-refractivity contribution in [3.63, 3.8) is 0 Å². The Morgan fingerprint density at radius 3 is 2.94 bits per heavy atom. The topological polar surface area (TPSA) is 59.2 Å². The lowest BCUT2D eigenvalue weighted by atomic mass is 10.2. The number of H-pyrrole nitrogens is 1. The standard InChI is InChI=1S/C11H15NO3S/c1-3-8-6-9(7-12-11(8)14)16-5-4-10(13)15-2/h6-7H,3-5H2,1-2H3,(H,12,14). The summed E-state index contributed by atoms with van der Waals surface area (Å²) in [6, 6.07) is 1.86. The molecule has 0 unspecified atom stereocenters. The molecule has 1 rings (SSSR count). The van der Waals surface area contributed by atoms with Crippen molar-refractivity contribution in [1.29, 1.82) is 0 Å². The Balaban J connectivity index is 2.54. The van der Waals surface area contributed by atoms with Gasteiger partial charge < -0.3 is 9.72 Å². The van der Waals surface area contributed by atoms with Crippen LogP contribution in [0, 0.1) is 0 Å². The van der Waals surface area contributed by atoms with Gasteiger partial charge in [0.1, 0.15) is 0 Å². The normalized spacial score (nSPS) is 10.1. The van der Waals surface area contributed by atoms with Crippen molar-refractivity contribution in [2.75, 3.05) is 12.9 Å². The number of esters is 1. The quantitative estimate of drug-likeness (QED) is 0.628. The molecule has 1 N–H and O–H groups in total. The minimum absolute atomic E-state index is 0.0418. The van der Waals surface area contributed by atoms with Crippen molar-refractivity contribution >= 4 is 17.7 Å². The molecule has 0 aromatic carbocycles. The largest absolute Gasteiger partial charge is 0.469 e. The average molecular weight is 241 g/mol. The van der Waals surface area contributed by atoms with Crippen LogP contribution in [0.25, 0.3) is 0 Å². The first-order valence-electron chi connectivity index (χ1n) is 5.08. The first-order valence-corrected chi connectivity index (χ1v) is 6.07. The molecule has 0 radical (unpaired) electrons. The van der Waals surface area contributed by atoms with E-state index in [-0.39, 0.29) is 11.5 Å². The Morgan fingerprint density at radius 1 is 1.56 bits per heavy atom. The highest BCUT2D eigenvalue weighted by Gasteiger charge is 2.03. The minimum atomic E-state index is -0.215. The van der Waals surface area contributed by atoms with Crippen LogP contribution in [0.15, 0.2) is 22.0 Å². The Hall–Kier alpha value is -1.23. The highest BCUT2D eigenvalue weighted by Crippen LogP contribution is 2.17. The second-order valence-corrected chi connectivity index (χ2v) is 4.39. The van der Waals surface area contributed by atoms with Gasteiger partial charge in [-0.3, -0.25) is 9.59 Å². The van der Waals surface area contributed by atoms with Gasteiger partial charge >= 0.3 is 5.97 Å². The first-order chi connectivity index (χ1) is 7.67. The number of ether oxygens (including phenoxy) is 1. The molecule has 0 saturated carbocycles. The molecular weight excluding hydrogens is 226 g/mol. The van der Waals surface area contributed by atoms with Crippen molar-refractivity contribution in [1.82, 2.24) is 4.98 Å². The summed E-state index contributed by atoms with van der Waals surface area (Å²) in [5, 5.41) is 0. The fourth-order valence-corrected chi connectivity index (χ4v) is 2.08. The number of nitrogens with one attached hydrogen (secondary N) is 1. The molecule has 0 saturated heterocycles. The van der Waals surface area contributed by atoms with E-state index in [0.717, 1.165) is 10.5 Å². The number of hydrogen-bond acceptors (Lipinski definition) is 4. The van der Waals surface area contributed by atoms with Crippen molar-refractivity contribution in [3.8, 4) is 0 Å². The molecule has 0 atom stereocenters. The summed E-state index contributed by atoms with van der Waals surface area (Å²) in [6.07, 6.45) is 2.76. The van der Waals surface area contributed by atoms with Crippen LogP contribution in [-0.4, -0.2) is 23.8 Å². The van der Waals surface area contributed by atoms with Gasteiger partial charge in [0.2, 0.25) is 0 Å². The van der Waals surface area contributed by atoms with E-state index in [0.29, 0.717) is 18.6 Å². The maximum atomic E-state index is 11.3. The Bertz CT molecular complexity index is 414. The van der Waals surface area contributed by atoms with Gasteiger partial charge in [-0.05, 0) is 12.5 Å². The molecule has 5 heteroatoms. The zero-order valence-electron chi connectivity index (χ0n) is 9.41. The van der Waals surface area contributed by atoms with Crippen LogP contribution in [0.2, 0.25) is 0 Å². The molecule has 16 heavy (non-hydrogen) atoms. The summed E-state index contributed by atoms with van der Waals surface area (Å²) in [5.41, 5.74) is 0.725. The molecule has 0 aliphatic rings. The van der Waals surface area contributed by atoms with Crippen LogP contribution in [0.3, 0.4) is 0 Å². The predicted octanol–water partition coefficient (Wildman–Crippen LogP) is 1.59. The predicted molar refractivity (Wildman–Crippen MR) is 63.8 cm³/mol. The molecule has 0 fully saturated rings. The highest BCUT2D eigenvalue weighted by molar-refractivity contribution is 7.99. The average Bonchev–Trinajstić information content (AvgIpc) is 2.31. The van der Waals surface area contributed by atoms with Crippen molar-refractivity contribution in [3.05, 3.63) is 28.2 Å². The van der Waals surface area contributed by atoms with Crippen molar-refractivity contribution in [2.45, 2.75) is 24.7 Å². The lowest BCUT2D eigenvalue weighted by molar-refractivity contribution is -0.140. The summed E-state index contributed by atoms with van der Waals surface area (Å²) in [5.74, 6) is 0.439. The van der Waals surface area contributed by atoms with Crippen molar-refractivity contribution < 1.29 is 9.53 Å². The lowest BCUT2D eigenvalue weighted by Gasteiger charge is -2.02. The SMILES string of the molecule is CCc1cc(SCCC(=O)OC)c[nH]c1=O. The van der Waals surface area contributed by atoms with E-state index in [1.807, 2.05) is 13.0 Å². The smallest absolute Gasteiger partial charge is 0.306 e. The second kappa shape index (κ2) is 6.37. The number of aromatic amines is 1. The molecule has 0 spiro atoms. The first kappa shape index (κ1) is 12.8. The molecule has 1 aromatic heterocycles. The van der Waals surface area contributed by atoms with Gasteiger partial charge in [0.25, 0.3) is 5.56 Å². The molecule has 4 nitrogen and oxygen atoms in total. The van der Waals surface area contributed by atoms with Gasteiger partial charge in [0, 0.05) is 22.4 Å². The van der Waals surface area contributed by atoms with E-state index < -0.39 is 0 Å². The Kier molecular flexibility index (Phi) is 5.11. The molecule has 0 amide bonds. The van der Waals surface area contributed by atoms with Crippen molar-refractivity contribution in [2.24, 2.45) is 0 Å². The van der Waals surface area contributed by atoms with Gasteiger partial charge in [-0.2, -0.15) is 0 Å². The number of carbonyl (C=O) groups excluding carboxylic acids is 1. The molecule has 0 aliphatic heterocycles. The number of thioether (sulfide) groups is 1. The number of aromatic nitrogens is 1. The van der Waals surface area contributed by atoms with Crippen LogP contribution in [0.1, 0.15) is 18.9 Å². The van der Waals surface area contributed by atoms with E-state index in [1.54, 1.807) is 6.20 Å². The van der Waals surface area contributed by atoms with E-state index >= 15 is 0 Å². The molecule has 88 valence electrons. The monoisotopic (exact) mass is 241 g/mol. The summed E-state index contributed by atoms with van der Waals surface area (Å²) in [7, 11) is 1.38. The number of rotatable bonds is 5. The number of aryl methyl sites for hydroxylation is 1. The third-order valence-corrected chi connectivity index (χ3v) is 3.11. The van der Waals surface area contributed by atoms with Gasteiger partial charge in [0.05, 0.1) is 13.5 Å². The fraction of sp³-hybridized carbons (Fsp3) is 0.455. The molecular formula is C11H15NO3S. The van der Waals surface area contributed by atoms with E-state index in [4.69, 9.17) is 0 Å². The van der Waals surface area contributed by atoms with Crippen LogP contribution in [-0.2, 0) is 16.0 Å². The van der Waals surface area contributed by atoms with E-state index in [1.165, 1.54) is 18.9 Å². The number of hydrogen-bond donors (Lipinski definition) is 1. The zero-order chi connectivity index (χ0) is 12.0. The number of methoxy groups -OCH3 is 1. The third kappa shape index (κ3) is 3.73. The number of carbonyl (C=O) groups is 1. The summed E-state index contributed by atoms with van der Waals surface area (Å²) in [4.78, 5) is 25.8. The summed E-state index contributed by atoms with van der Waals surface area (Å²) >= 11 is 1.53. The van der Waals surface area contributed by atoms with E-state index in [2.05, 4.69) is 9.72 Å². The van der Waals surface area contributed by atoms with Crippen LogP contribution < -0.4 is 5.56 Å². The highest BCUT2D eigenvalue weighted by atomic mass is 32.2. The number of pyridine rings is 1. The molecule has 1 heterocycles. The molecule has 0 aliphatic carbocycles. The molecule has 0 bridgehead atoms. The Labute approximate surface area is 98.4 Å². The van der Waals surface area contributed by atoms with Gasteiger partial charge in [0.15, 0.2) is 0 Å². The van der Waals surface area contributed by atoms with Crippen LogP contribution in [0.5, 0.6) is 0 Å². The maximum absolute atomic E-state index is 11.3.